The third kappa shape index (κ3) is 2.30. The molecule has 0 bridgehead atoms. The highest BCUT2D eigenvalue weighted by Gasteiger charge is 2.77. The lowest BCUT2D eigenvalue weighted by molar-refractivity contribution is -0.0878. The zero-order valence-corrected chi connectivity index (χ0v) is 19.5. The van der Waals surface area contributed by atoms with Gasteiger partial charge in [-0.2, -0.15) is 0 Å². The van der Waals surface area contributed by atoms with Crippen LogP contribution in [0.3, 0.4) is 0 Å². The van der Waals surface area contributed by atoms with E-state index >= 15 is 0 Å². The van der Waals surface area contributed by atoms with Gasteiger partial charge < -0.3 is 5.32 Å². The Kier molecular flexibility index (Phi) is 3.78. The third-order valence-electron chi connectivity index (χ3n) is 10.9. The molecule has 0 aliphatic heterocycles. The molecule has 4 saturated carbocycles. The number of hydrogen-bond donors (Lipinski definition) is 1. The molecule has 0 amide bonds. The van der Waals surface area contributed by atoms with Gasteiger partial charge in [0, 0.05) is 30.0 Å². The van der Waals surface area contributed by atoms with Gasteiger partial charge in [0.25, 0.3) is 0 Å². The van der Waals surface area contributed by atoms with Crippen molar-refractivity contribution in [2.45, 2.75) is 64.8 Å². The molecule has 0 saturated heterocycles. The Hall–Kier alpha value is -1.68. The summed E-state index contributed by atoms with van der Waals surface area (Å²) < 4.78 is 0. The van der Waals surface area contributed by atoms with Crippen LogP contribution >= 0.6 is 11.3 Å². The van der Waals surface area contributed by atoms with Crippen LogP contribution in [0.2, 0.25) is 0 Å². The fourth-order valence-electron chi connectivity index (χ4n) is 9.53. The Balaban J connectivity index is 1.26. The van der Waals surface area contributed by atoms with Crippen molar-refractivity contribution in [3.8, 4) is 0 Å². The predicted octanol–water partition coefficient (Wildman–Crippen LogP) is 6.66. The summed E-state index contributed by atoms with van der Waals surface area (Å²) in [6, 6.07) is 4.97. The van der Waals surface area contributed by atoms with E-state index in [0.717, 1.165) is 28.8 Å². The molecule has 162 valence electrons. The van der Waals surface area contributed by atoms with E-state index in [-0.39, 0.29) is 0 Å². The highest BCUT2D eigenvalue weighted by Crippen LogP contribution is 2.81. The van der Waals surface area contributed by atoms with Crippen LogP contribution in [0, 0.1) is 39.9 Å². The molecule has 2 heterocycles. The maximum atomic E-state index is 4.62. The lowest BCUT2D eigenvalue weighted by Gasteiger charge is -2.61. The second kappa shape index (κ2) is 6.21. The Bertz CT molecular complexity index is 1030. The summed E-state index contributed by atoms with van der Waals surface area (Å²) in [6.07, 6.45) is 18.2. The number of aromatic nitrogens is 2. The molecule has 0 aromatic carbocycles. The molecule has 8 unspecified atom stereocenters. The summed E-state index contributed by atoms with van der Waals surface area (Å²) in [6.45, 7) is 5.27. The van der Waals surface area contributed by atoms with Crippen molar-refractivity contribution < 1.29 is 0 Å². The van der Waals surface area contributed by atoms with E-state index in [4.69, 9.17) is 0 Å². The van der Waals surface area contributed by atoms with Crippen molar-refractivity contribution in [1.29, 1.82) is 0 Å². The zero-order valence-electron chi connectivity index (χ0n) is 18.7. The minimum absolute atomic E-state index is 0.304. The summed E-state index contributed by atoms with van der Waals surface area (Å²) >= 11 is 1.77. The van der Waals surface area contributed by atoms with Crippen molar-refractivity contribution in [2.75, 3.05) is 5.32 Å². The third-order valence-corrected chi connectivity index (χ3v) is 11.6. The van der Waals surface area contributed by atoms with Crippen molar-refractivity contribution in [1.82, 2.24) is 9.97 Å². The average molecular weight is 432 g/mol. The van der Waals surface area contributed by atoms with Gasteiger partial charge in [-0.3, -0.25) is 4.98 Å². The van der Waals surface area contributed by atoms with Gasteiger partial charge in [-0.25, -0.2) is 4.98 Å². The van der Waals surface area contributed by atoms with E-state index in [0.29, 0.717) is 22.3 Å². The Labute approximate surface area is 189 Å². The van der Waals surface area contributed by atoms with Crippen molar-refractivity contribution >= 4 is 22.0 Å². The molecule has 2 aromatic heterocycles. The first-order chi connectivity index (χ1) is 15.1. The molecule has 5 aliphatic rings. The summed E-state index contributed by atoms with van der Waals surface area (Å²) in [4.78, 5) is 9.07. The highest BCUT2D eigenvalue weighted by atomic mass is 32.1. The average Bonchev–Trinajstić information content (AvgIpc) is 3.06. The van der Waals surface area contributed by atoms with E-state index < -0.39 is 0 Å². The Morgan fingerprint density at radius 3 is 2.84 bits per heavy atom. The normalized spacial score (nSPS) is 47.0. The summed E-state index contributed by atoms with van der Waals surface area (Å²) in [5.74, 6) is 3.44. The molecule has 5 aliphatic carbocycles. The fraction of sp³-hybridized carbons (Fsp3) is 0.630. The summed E-state index contributed by atoms with van der Waals surface area (Å²) in [7, 11) is 0. The highest BCUT2D eigenvalue weighted by molar-refractivity contribution is 7.13. The number of pyridine rings is 1. The second-order valence-corrected chi connectivity index (χ2v) is 12.5. The number of allylic oxidation sites excluding steroid dienone is 2. The zero-order chi connectivity index (χ0) is 20.8. The van der Waals surface area contributed by atoms with Crippen LogP contribution in [0.15, 0.2) is 42.2 Å². The van der Waals surface area contributed by atoms with Crippen LogP contribution in [-0.2, 0) is 0 Å². The lowest BCUT2D eigenvalue weighted by atomic mass is 9.45. The van der Waals surface area contributed by atoms with Crippen LogP contribution in [0.5, 0.6) is 0 Å². The molecule has 0 radical (unpaired) electrons. The van der Waals surface area contributed by atoms with E-state index in [1.807, 2.05) is 12.4 Å². The number of anilines is 1. The number of fused-ring (bicyclic) bond motifs is 4. The van der Waals surface area contributed by atoms with Gasteiger partial charge in [-0.05, 0) is 102 Å². The van der Waals surface area contributed by atoms with Gasteiger partial charge in [-0.1, -0.05) is 26.0 Å². The molecular formula is C27H33N3S. The first-order valence-corrected chi connectivity index (χ1v) is 13.2. The number of nitrogens with one attached hydrogen (secondary N) is 1. The number of rotatable bonds is 3. The molecule has 7 rings (SSSR count). The molecule has 4 heteroatoms. The van der Waals surface area contributed by atoms with E-state index in [9.17, 15) is 0 Å². The lowest BCUT2D eigenvalue weighted by Crippen LogP contribution is -2.57. The van der Waals surface area contributed by atoms with E-state index in [1.165, 1.54) is 50.5 Å². The number of nitrogens with zero attached hydrogens (tertiary/aromatic N) is 2. The fourth-order valence-corrected chi connectivity index (χ4v) is 10.1. The summed E-state index contributed by atoms with van der Waals surface area (Å²) in [5.41, 5.74) is 4.28. The minimum atomic E-state index is 0.304. The van der Waals surface area contributed by atoms with Crippen molar-refractivity contribution in [3.63, 3.8) is 0 Å². The first kappa shape index (κ1) is 18.8. The maximum absolute atomic E-state index is 4.62. The largest absolute Gasteiger partial charge is 0.358 e. The monoisotopic (exact) mass is 431 g/mol. The Morgan fingerprint density at radius 1 is 1.13 bits per heavy atom. The second-order valence-electron chi connectivity index (χ2n) is 11.6. The van der Waals surface area contributed by atoms with E-state index in [1.54, 1.807) is 16.9 Å². The van der Waals surface area contributed by atoms with Crippen molar-refractivity contribution in [2.24, 2.45) is 39.9 Å². The maximum Gasteiger partial charge on any atom is 0.182 e. The van der Waals surface area contributed by atoms with Gasteiger partial charge in [-0.15, -0.1) is 11.3 Å². The van der Waals surface area contributed by atoms with Crippen LogP contribution in [0.4, 0.5) is 5.13 Å². The number of thiazole rings is 1. The van der Waals surface area contributed by atoms with Crippen LogP contribution in [0.1, 0.15) is 64.4 Å². The van der Waals surface area contributed by atoms with Gasteiger partial charge in [0.2, 0.25) is 0 Å². The number of hydrogen-bond acceptors (Lipinski definition) is 4. The molecule has 31 heavy (non-hydrogen) atoms. The SMILES string of the molecule is CC12CCC3C(CC(Nc4nccs4)C45CC4CCC35C)C1CC=C2c1cccnc1. The Morgan fingerprint density at radius 2 is 2.06 bits per heavy atom. The molecule has 8 atom stereocenters. The van der Waals surface area contributed by atoms with Gasteiger partial charge in [0.15, 0.2) is 5.13 Å². The molecule has 1 spiro atoms. The topological polar surface area (TPSA) is 37.8 Å². The molecule has 4 fully saturated rings. The molecule has 3 nitrogen and oxygen atoms in total. The minimum Gasteiger partial charge on any atom is -0.358 e. The predicted molar refractivity (Wildman–Crippen MR) is 127 cm³/mol. The summed E-state index contributed by atoms with van der Waals surface area (Å²) in [5, 5.41) is 7.24. The van der Waals surface area contributed by atoms with Crippen LogP contribution in [-0.4, -0.2) is 16.0 Å². The smallest absolute Gasteiger partial charge is 0.182 e. The van der Waals surface area contributed by atoms with Crippen LogP contribution < -0.4 is 5.32 Å². The molecular weight excluding hydrogens is 398 g/mol. The quantitative estimate of drug-likeness (QED) is 0.590. The molecule has 2 aromatic rings. The van der Waals surface area contributed by atoms with Gasteiger partial charge in [0.1, 0.15) is 0 Å². The standard InChI is InChI=1S/C27H33N3S/c1-25-9-8-22-19(21(25)6-5-20(25)17-4-3-11-28-16-17)14-23(30-24-29-12-13-31-24)27-15-18(27)7-10-26(22,27)2/h3-5,11-13,16,18-19,21-23H,6-10,14-15H2,1-2H3,(H,29,30). The van der Waals surface area contributed by atoms with Crippen molar-refractivity contribution in [3.05, 3.63) is 47.7 Å². The van der Waals surface area contributed by atoms with Crippen LogP contribution in [0.25, 0.3) is 5.57 Å². The van der Waals surface area contributed by atoms with Gasteiger partial charge >= 0.3 is 0 Å². The van der Waals surface area contributed by atoms with E-state index in [2.05, 4.69) is 58.9 Å². The van der Waals surface area contributed by atoms with Gasteiger partial charge in [0.05, 0.1) is 0 Å². The first-order valence-electron chi connectivity index (χ1n) is 12.3. The molecule has 1 N–H and O–H groups in total.